The number of hydrazine groups is 1. The lowest BCUT2D eigenvalue weighted by atomic mass is 10.4. The van der Waals surface area contributed by atoms with Crippen LogP contribution in [0.4, 0.5) is 5.69 Å². The van der Waals surface area contributed by atoms with Crippen LogP contribution in [0, 0.1) is 0 Å². The van der Waals surface area contributed by atoms with Crippen LogP contribution < -0.4 is 11.0 Å². The van der Waals surface area contributed by atoms with Gasteiger partial charge in [0.15, 0.2) is 0 Å². The summed E-state index contributed by atoms with van der Waals surface area (Å²) < 4.78 is 0. The number of hydrogen-bond acceptors (Lipinski definition) is 4. The Balaban J connectivity index is 2.53. The first-order valence-corrected chi connectivity index (χ1v) is 2.54. The summed E-state index contributed by atoms with van der Waals surface area (Å²) in [6, 6.07) is 0. The summed E-state index contributed by atoms with van der Waals surface area (Å²) in [6.07, 6.45) is 3.35. The van der Waals surface area contributed by atoms with Gasteiger partial charge in [-0.2, -0.15) is 10.2 Å². The van der Waals surface area contributed by atoms with Gasteiger partial charge >= 0.3 is 0 Å². The third-order valence-corrected chi connectivity index (χ3v) is 1.12. The van der Waals surface area contributed by atoms with Gasteiger partial charge in [-0.15, -0.1) is 0 Å². The molecule has 1 aromatic heterocycles. The lowest BCUT2D eigenvalue weighted by Crippen LogP contribution is -2.19. The van der Waals surface area contributed by atoms with Gasteiger partial charge in [-0.3, -0.25) is 10.5 Å². The molecule has 2 heterocycles. The zero-order chi connectivity index (χ0) is 6.10. The molecule has 0 bridgehead atoms. The third kappa shape index (κ3) is 0.543. The second-order valence-electron chi connectivity index (χ2n) is 1.69. The molecule has 0 amide bonds. The highest BCUT2D eigenvalue weighted by Gasteiger charge is 2.03. The number of H-pyrrole nitrogens is 1. The van der Waals surface area contributed by atoms with E-state index in [0.29, 0.717) is 0 Å². The van der Waals surface area contributed by atoms with E-state index in [9.17, 15) is 0 Å². The van der Waals surface area contributed by atoms with Gasteiger partial charge in [0, 0.05) is 0 Å². The van der Waals surface area contributed by atoms with Crippen LogP contribution >= 0.6 is 0 Å². The Labute approximate surface area is 51.1 Å². The zero-order valence-electron chi connectivity index (χ0n) is 4.55. The Morgan fingerprint density at radius 3 is 3.33 bits per heavy atom. The van der Waals surface area contributed by atoms with Crippen LogP contribution in [0.3, 0.4) is 0 Å². The van der Waals surface area contributed by atoms with Crippen molar-refractivity contribution in [1.29, 1.82) is 0 Å². The smallest absolute Gasteiger partial charge is 0.103 e. The van der Waals surface area contributed by atoms with E-state index in [1.165, 1.54) is 0 Å². The number of aromatic nitrogens is 2. The Hall–Kier alpha value is -1.52. The number of anilines is 1. The van der Waals surface area contributed by atoms with Crippen LogP contribution in [0.25, 0.3) is 0 Å². The van der Waals surface area contributed by atoms with Crippen LogP contribution in [0.5, 0.6) is 0 Å². The van der Waals surface area contributed by atoms with Crippen molar-refractivity contribution in [1.82, 2.24) is 15.7 Å². The van der Waals surface area contributed by atoms with Crippen molar-refractivity contribution in [2.45, 2.75) is 0 Å². The number of aromatic amines is 1. The molecular formula is C4H5N5. The highest BCUT2D eigenvalue weighted by atomic mass is 15.6. The predicted molar refractivity (Wildman–Crippen MR) is 32.9 cm³/mol. The van der Waals surface area contributed by atoms with E-state index in [-0.39, 0.29) is 0 Å². The number of nitrogens with one attached hydrogen (secondary N) is 3. The Kier molecular flexibility index (Phi) is 0.717. The molecule has 0 unspecified atom stereocenters. The highest BCUT2D eigenvalue weighted by molar-refractivity contribution is 5.85. The molecule has 1 aliphatic heterocycles. The largest absolute Gasteiger partial charge is 0.281 e. The van der Waals surface area contributed by atoms with Gasteiger partial charge in [0.25, 0.3) is 0 Å². The molecule has 0 saturated heterocycles. The lowest BCUT2D eigenvalue weighted by Gasteiger charge is -2.06. The normalized spacial score (nSPS) is 13.8. The third-order valence-electron chi connectivity index (χ3n) is 1.12. The van der Waals surface area contributed by atoms with Crippen LogP contribution in [-0.4, -0.2) is 16.4 Å². The maximum absolute atomic E-state index is 3.79. The quantitative estimate of drug-likeness (QED) is 0.442. The molecule has 0 saturated carbocycles. The number of fused-ring (bicyclic) bond motifs is 1. The standard InChI is InChI=1S/C4H5N5/c1-4-3(7-5-1)2-6-9-8-4/h1-2,8-9H,(H,5,7). The first-order chi connectivity index (χ1) is 4.47. The summed E-state index contributed by atoms with van der Waals surface area (Å²) in [7, 11) is 0. The number of rotatable bonds is 0. The molecule has 1 aliphatic rings. The van der Waals surface area contributed by atoms with E-state index < -0.39 is 0 Å². The molecule has 0 radical (unpaired) electrons. The van der Waals surface area contributed by atoms with Gasteiger partial charge in [-0.25, -0.2) is 5.53 Å². The average molecular weight is 123 g/mol. The van der Waals surface area contributed by atoms with Crippen molar-refractivity contribution >= 4 is 11.9 Å². The van der Waals surface area contributed by atoms with Gasteiger partial charge < -0.3 is 0 Å². The SMILES string of the molecule is C1=NNNc2cn[nH]c21. The molecule has 2 rings (SSSR count). The molecule has 0 fully saturated rings. The predicted octanol–water partition coefficient (Wildman–Crippen LogP) is -0.326. The fourth-order valence-corrected chi connectivity index (χ4v) is 0.683. The van der Waals surface area contributed by atoms with E-state index in [4.69, 9.17) is 0 Å². The monoisotopic (exact) mass is 123 g/mol. The minimum absolute atomic E-state index is 0.897. The van der Waals surface area contributed by atoms with Crippen LogP contribution in [0.1, 0.15) is 5.69 Å². The van der Waals surface area contributed by atoms with E-state index in [0.717, 1.165) is 11.4 Å². The van der Waals surface area contributed by atoms with Crippen molar-refractivity contribution in [3.8, 4) is 0 Å². The fraction of sp³-hybridized carbons (Fsp3) is 0. The van der Waals surface area contributed by atoms with Gasteiger partial charge in [0.05, 0.1) is 12.4 Å². The molecule has 1 aromatic rings. The molecule has 5 nitrogen and oxygen atoms in total. The summed E-state index contributed by atoms with van der Waals surface area (Å²) in [6.45, 7) is 0. The van der Waals surface area contributed by atoms with Crippen LogP contribution in [0.2, 0.25) is 0 Å². The minimum atomic E-state index is 0.897. The lowest BCUT2D eigenvalue weighted by molar-refractivity contribution is 0.871. The van der Waals surface area contributed by atoms with Gasteiger partial charge in [-0.1, -0.05) is 0 Å². The van der Waals surface area contributed by atoms with Gasteiger partial charge in [0.2, 0.25) is 0 Å². The van der Waals surface area contributed by atoms with Crippen molar-refractivity contribution in [2.75, 3.05) is 5.43 Å². The summed E-state index contributed by atoms with van der Waals surface area (Å²) in [4.78, 5) is 0. The summed E-state index contributed by atoms with van der Waals surface area (Å²) in [5, 5.41) is 10.3. The maximum Gasteiger partial charge on any atom is 0.103 e. The summed E-state index contributed by atoms with van der Waals surface area (Å²) >= 11 is 0. The van der Waals surface area contributed by atoms with Gasteiger partial charge in [-0.05, 0) is 0 Å². The number of hydrazone groups is 1. The topological polar surface area (TPSA) is 65.1 Å². The Bertz CT molecular complexity index is 237. The Morgan fingerprint density at radius 2 is 2.44 bits per heavy atom. The first kappa shape index (κ1) is 4.37. The molecule has 3 N–H and O–H groups in total. The summed E-state index contributed by atoms with van der Waals surface area (Å²) in [5.41, 5.74) is 7.21. The molecule has 9 heavy (non-hydrogen) atoms. The van der Waals surface area contributed by atoms with Crippen molar-refractivity contribution in [3.05, 3.63) is 11.9 Å². The van der Waals surface area contributed by atoms with Crippen molar-refractivity contribution < 1.29 is 0 Å². The van der Waals surface area contributed by atoms with Crippen LogP contribution in [0.15, 0.2) is 11.3 Å². The van der Waals surface area contributed by atoms with E-state index in [1.54, 1.807) is 12.4 Å². The molecule has 0 spiro atoms. The second-order valence-corrected chi connectivity index (χ2v) is 1.69. The number of nitrogens with zero attached hydrogens (tertiary/aromatic N) is 2. The molecule has 0 aliphatic carbocycles. The minimum Gasteiger partial charge on any atom is -0.281 e. The highest BCUT2D eigenvalue weighted by Crippen LogP contribution is 2.08. The fourth-order valence-electron chi connectivity index (χ4n) is 0.683. The maximum atomic E-state index is 3.79. The van der Waals surface area contributed by atoms with E-state index in [1.807, 2.05) is 0 Å². The number of hydrogen-bond donors (Lipinski definition) is 3. The molecular weight excluding hydrogens is 118 g/mol. The molecule has 5 heteroatoms. The second kappa shape index (κ2) is 1.48. The van der Waals surface area contributed by atoms with Crippen molar-refractivity contribution in [2.24, 2.45) is 5.10 Å². The van der Waals surface area contributed by atoms with Crippen LogP contribution in [-0.2, 0) is 0 Å². The molecule has 0 atom stereocenters. The van der Waals surface area contributed by atoms with E-state index >= 15 is 0 Å². The van der Waals surface area contributed by atoms with E-state index in [2.05, 4.69) is 26.3 Å². The molecule has 0 aromatic carbocycles. The molecule has 46 valence electrons. The first-order valence-electron chi connectivity index (χ1n) is 2.54. The van der Waals surface area contributed by atoms with Crippen molar-refractivity contribution in [3.63, 3.8) is 0 Å². The Morgan fingerprint density at radius 1 is 1.44 bits per heavy atom. The average Bonchev–Trinajstić information content (AvgIpc) is 2.33. The summed E-state index contributed by atoms with van der Waals surface area (Å²) in [5.74, 6) is 0. The zero-order valence-corrected chi connectivity index (χ0v) is 4.55. The van der Waals surface area contributed by atoms with Gasteiger partial charge in [0.1, 0.15) is 11.4 Å².